The summed E-state index contributed by atoms with van der Waals surface area (Å²) in [6.07, 6.45) is 1.97. The highest BCUT2D eigenvalue weighted by molar-refractivity contribution is 5.50. The summed E-state index contributed by atoms with van der Waals surface area (Å²) in [6, 6.07) is 5.63. The minimum absolute atomic E-state index is 0.791. The number of methoxy groups -OCH3 is 2. The Kier molecular flexibility index (Phi) is 4.56. The highest BCUT2D eigenvalue weighted by Crippen LogP contribution is 2.22. The first-order valence-corrected chi connectivity index (χ1v) is 5.02. The van der Waals surface area contributed by atoms with Crippen LogP contribution in [0, 0.1) is 11.8 Å². The van der Waals surface area contributed by atoms with Gasteiger partial charge in [0, 0.05) is 6.42 Å². The first-order valence-electron chi connectivity index (χ1n) is 5.02. The maximum atomic E-state index is 5.22. The Labute approximate surface area is 91.2 Å². The van der Waals surface area contributed by atoms with Crippen LogP contribution < -0.4 is 9.47 Å². The third-order valence-electron chi connectivity index (χ3n) is 2.00. The van der Waals surface area contributed by atoms with E-state index in [2.05, 4.69) is 18.8 Å². The summed E-state index contributed by atoms with van der Waals surface area (Å²) in [4.78, 5) is 0. The molecular formula is C13H16O2. The summed E-state index contributed by atoms with van der Waals surface area (Å²) < 4.78 is 10.4. The van der Waals surface area contributed by atoms with Crippen molar-refractivity contribution < 1.29 is 9.47 Å². The molecular weight excluding hydrogens is 188 g/mol. The predicted octanol–water partition coefficient (Wildman–Crippen LogP) is 2.86. The zero-order valence-corrected chi connectivity index (χ0v) is 9.46. The van der Waals surface area contributed by atoms with Crippen LogP contribution in [-0.2, 0) is 0 Å². The lowest BCUT2D eigenvalue weighted by Crippen LogP contribution is -1.89. The standard InChI is InChI=1S/C13H16O2/c1-4-5-6-7-11-10-12(14-2)8-9-13(11)15-3/h8-10H,4-5H2,1-3H3. The Bertz CT molecular complexity index is 372. The van der Waals surface area contributed by atoms with E-state index >= 15 is 0 Å². The Morgan fingerprint density at radius 1 is 1.20 bits per heavy atom. The normalized spacial score (nSPS) is 9.00. The average molecular weight is 204 g/mol. The second-order valence-corrected chi connectivity index (χ2v) is 3.12. The van der Waals surface area contributed by atoms with Crippen LogP contribution in [0.15, 0.2) is 18.2 Å². The molecule has 1 aromatic carbocycles. The average Bonchev–Trinajstić information content (AvgIpc) is 2.29. The lowest BCUT2D eigenvalue weighted by atomic mass is 10.2. The van der Waals surface area contributed by atoms with Gasteiger partial charge in [-0.3, -0.25) is 0 Å². The first-order chi connectivity index (χ1) is 7.31. The van der Waals surface area contributed by atoms with Gasteiger partial charge >= 0.3 is 0 Å². The van der Waals surface area contributed by atoms with E-state index in [0.717, 1.165) is 29.9 Å². The second kappa shape index (κ2) is 5.98. The van der Waals surface area contributed by atoms with Gasteiger partial charge in [0.15, 0.2) is 0 Å². The fourth-order valence-corrected chi connectivity index (χ4v) is 1.19. The van der Waals surface area contributed by atoms with Gasteiger partial charge in [-0.05, 0) is 24.6 Å². The number of ether oxygens (including phenoxy) is 2. The van der Waals surface area contributed by atoms with Crippen LogP contribution >= 0.6 is 0 Å². The van der Waals surface area contributed by atoms with Crippen LogP contribution in [0.5, 0.6) is 11.5 Å². The van der Waals surface area contributed by atoms with Crippen LogP contribution in [0.1, 0.15) is 25.3 Å². The lowest BCUT2D eigenvalue weighted by molar-refractivity contribution is 0.402. The minimum atomic E-state index is 0.791. The largest absolute Gasteiger partial charge is 0.497 e. The number of hydrogen-bond acceptors (Lipinski definition) is 2. The molecule has 0 spiro atoms. The van der Waals surface area contributed by atoms with E-state index in [1.165, 1.54) is 0 Å². The Hall–Kier alpha value is -1.62. The van der Waals surface area contributed by atoms with E-state index < -0.39 is 0 Å². The van der Waals surface area contributed by atoms with Gasteiger partial charge in [-0.1, -0.05) is 18.8 Å². The van der Waals surface area contributed by atoms with Crippen molar-refractivity contribution in [3.63, 3.8) is 0 Å². The number of rotatable bonds is 3. The highest BCUT2D eigenvalue weighted by atomic mass is 16.5. The molecule has 0 aliphatic rings. The Balaban J connectivity index is 2.97. The van der Waals surface area contributed by atoms with Gasteiger partial charge in [0.2, 0.25) is 0 Å². The van der Waals surface area contributed by atoms with Crippen LogP contribution in [0.25, 0.3) is 0 Å². The smallest absolute Gasteiger partial charge is 0.134 e. The van der Waals surface area contributed by atoms with E-state index in [9.17, 15) is 0 Å². The molecule has 0 bridgehead atoms. The van der Waals surface area contributed by atoms with Crippen LogP contribution in [0.2, 0.25) is 0 Å². The third kappa shape index (κ3) is 3.21. The molecule has 0 aromatic heterocycles. The number of benzene rings is 1. The van der Waals surface area contributed by atoms with Gasteiger partial charge in [-0.2, -0.15) is 0 Å². The maximum Gasteiger partial charge on any atom is 0.134 e. The topological polar surface area (TPSA) is 18.5 Å². The summed E-state index contributed by atoms with van der Waals surface area (Å²) in [5.41, 5.74) is 0.880. The predicted molar refractivity (Wildman–Crippen MR) is 61.3 cm³/mol. The highest BCUT2D eigenvalue weighted by Gasteiger charge is 2.01. The van der Waals surface area contributed by atoms with Crippen LogP contribution in [0.3, 0.4) is 0 Å². The third-order valence-corrected chi connectivity index (χ3v) is 2.00. The lowest BCUT2D eigenvalue weighted by Gasteiger charge is -2.05. The minimum Gasteiger partial charge on any atom is -0.497 e. The molecule has 0 aliphatic carbocycles. The molecule has 0 saturated carbocycles. The Morgan fingerprint density at radius 2 is 2.00 bits per heavy atom. The van der Waals surface area contributed by atoms with Crippen molar-refractivity contribution in [1.82, 2.24) is 0 Å². The number of unbranched alkanes of at least 4 members (excludes halogenated alkanes) is 1. The van der Waals surface area contributed by atoms with Gasteiger partial charge in [-0.15, -0.1) is 0 Å². The number of hydrogen-bond donors (Lipinski definition) is 0. The summed E-state index contributed by atoms with van der Waals surface area (Å²) >= 11 is 0. The molecule has 1 aromatic rings. The van der Waals surface area contributed by atoms with E-state index in [0.29, 0.717) is 0 Å². The first kappa shape index (κ1) is 11.5. The van der Waals surface area contributed by atoms with Crippen molar-refractivity contribution in [2.45, 2.75) is 19.8 Å². The molecule has 0 unspecified atom stereocenters. The molecule has 0 heterocycles. The van der Waals surface area contributed by atoms with E-state index in [-0.39, 0.29) is 0 Å². The fourth-order valence-electron chi connectivity index (χ4n) is 1.19. The molecule has 2 nitrogen and oxygen atoms in total. The van der Waals surface area contributed by atoms with Crippen molar-refractivity contribution in [2.24, 2.45) is 0 Å². The van der Waals surface area contributed by atoms with Crippen molar-refractivity contribution in [3.05, 3.63) is 23.8 Å². The molecule has 1 rings (SSSR count). The zero-order valence-electron chi connectivity index (χ0n) is 9.46. The van der Waals surface area contributed by atoms with E-state index in [1.54, 1.807) is 14.2 Å². The van der Waals surface area contributed by atoms with Crippen molar-refractivity contribution >= 4 is 0 Å². The molecule has 0 saturated heterocycles. The van der Waals surface area contributed by atoms with Gasteiger partial charge in [0.25, 0.3) is 0 Å². The van der Waals surface area contributed by atoms with Crippen molar-refractivity contribution in [3.8, 4) is 23.3 Å². The van der Waals surface area contributed by atoms with E-state index in [4.69, 9.17) is 9.47 Å². The zero-order chi connectivity index (χ0) is 11.1. The molecule has 0 aliphatic heterocycles. The molecule has 15 heavy (non-hydrogen) atoms. The fraction of sp³-hybridized carbons (Fsp3) is 0.385. The monoisotopic (exact) mass is 204 g/mol. The second-order valence-electron chi connectivity index (χ2n) is 3.12. The van der Waals surface area contributed by atoms with Crippen LogP contribution in [-0.4, -0.2) is 14.2 Å². The van der Waals surface area contributed by atoms with Gasteiger partial charge < -0.3 is 9.47 Å². The summed E-state index contributed by atoms with van der Waals surface area (Å²) in [7, 11) is 3.29. The van der Waals surface area contributed by atoms with Gasteiger partial charge in [-0.25, -0.2) is 0 Å². The van der Waals surface area contributed by atoms with Crippen LogP contribution in [0.4, 0.5) is 0 Å². The van der Waals surface area contributed by atoms with Crippen molar-refractivity contribution in [2.75, 3.05) is 14.2 Å². The summed E-state index contributed by atoms with van der Waals surface area (Å²) in [5.74, 6) is 7.77. The van der Waals surface area contributed by atoms with Crippen molar-refractivity contribution in [1.29, 1.82) is 0 Å². The molecule has 80 valence electrons. The molecule has 0 radical (unpaired) electrons. The molecule has 0 amide bonds. The quantitative estimate of drug-likeness (QED) is 0.705. The molecule has 0 atom stereocenters. The molecule has 0 fully saturated rings. The maximum absolute atomic E-state index is 5.22. The van der Waals surface area contributed by atoms with Gasteiger partial charge in [0.1, 0.15) is 11.5 Å². The van der Waals surface area contributed by atoms with E-state index in [1.807, 2.05) is 18.2 Å². The molecule has 0 N–H and O–H groups in total. The summed E-state index contributed by atoms with van der Waals surface area (Å²) in [6.45, 7) is 2.11. The Morgan fingerprint density at radius 3 is 2.60 bits per heavy atom. The van der Waals surface area contributed by atoms with Gasteiger partial charge in [0.05, 0.1) is 19.8 Å². The SMILES string of the molecule is CCCC#Cc1cc(OC)ccc1OC. The molecule has 2 heteroatoms. The summed E-state index contributed by atoms with van der Waals surface area (Å²) in [5, 5.41) is 0.